The summed E-state index contributed by atoms with van der Waals surface area (Å²) in [6.07, 6.45) is 2.74. The van der Waals surface area contributed by atoms with Crippen molar-refractivity contribution in [3.63, 3.8) is 0 Å². The summed E-state index contributed by atoms with van der Waals surface area (Å²) < 4.78 is 0. The predicted molar refractivity (Wildman–Crippen MR) is 127 cm³/mol. The first-order valence-corrected chi connectivity index (χ1v) is 10.1. The number of rotatable bonds is 4. The predicted octanol–water partition coefficient (Wildman–Crippen LogP) is 3.56. The summed E-state index contributed by atoms with van der Waals surface area (Å²) in [6.45, 7) is 4.24. The van der Waals surface area contributed by atoms with E-state index in [1.807, 2.05) is 11.9 Å². The Bertz CT molecular complexity index is 865. The number of halogens is 1. The molecular weight excluding hydrogens is 475 g/mol. The second-order valence-electron chi connectivity index (χ2n) is 7.58. The first-order valence-electron chi connectivity index (χ1n) is 10.1. The lowest BCUT2D eigenvalue weighted by Gasteiger charge is -2.31. The van der Waals surface area contributed by atoms with Crippen LogP contribution in [-0.2, 0) is 30.8 Å². The number of amides is 1. The van der Waals surface area contributed by atoms with Crippen LogP contribution in [0, 0.1) is 0 Å². The molecule has 0 atom stereocenters. The van der Waals surface area contributed by atoms with E-state index in [2.05, 4.69) is 63.7 Å². The van der Waals surface area contributed by atoms with Crippen molar-refractivity contribution >= 4 is 35.8 Å². The lowest BCUT2D eigenvalue weighted by molar-refractivity contribution is -0.128. The number of benzene rings is 2. The maximum absolute atomic E-state index is 11.8. The van der Waals surface area contributed by atoms with Gasteiger partial charge in [0.1, 0.15) is 0 Å². The van der Waals surface area contributed by atoms with Crippen LogP contribution in [0.2, 0.25) is 0 Å². The van der Waals surface area contributed by atoms with E-state index in [9.17, 15) is 4.79 Å². The molecule has 0 aromatic heterocycles. The van der Waals surface area contributed by atoms with Crippen LogP contribution in [-0.4, -0.2) is 41.8 Å². The molecule has 2 aromatic carbocycles. The molecule has 29 heavy (non-hydrogen) atoms. The molecule has 0 bridgehead atoms. The zero-order valence-corrected chi connectivity index (χ0v) is 19.3. The molecule has 0 saturated carbocycles. The van der Waals surface area contributed by atoms with E-state index >= 15 is 0 Å². The highest BCUT2D eigenvalue weighted by Crippen LogP contribution is 2.19. The second kappa shape index (κ2) is 10.1. The molecule has 0 radical (unpaired) electrons. The topological polar surface area (TPSA) is 47.9 Å². The van der Waals surface area contributed by atoms with Crippen molar-refractivity contribution in [2.75, 3.05) is 20.1 Å². The van der Waals surface area contributed by atoms with Crippen molar-refractivity contribution < 1.29 is 4.79 Å². The number of guanidine groups is 1. The highest BCUT2D eigenvalue weighted by atomic mass is 127. The summed E-state index contributed by atoms with van der Waals surface area (Å²) in [5.74, 6) is 1.22. The summed E-state index contributed by atoms with van der Waals surface area (Å²) in [7, 11) is 1.85. The van der Waals surface area contributed by atoms with Gasteiger partial charge >= 0.3 is 0 Å². The Morgan fingerprint density at radius 3 is 2.41 bits per heavy atom. The molecule has 1 fully saturated rings. The van der Waals surface area contributed by atoms with Crippen molar-refractivity contribution in [1.82, 2.24) is 15.1 Å². The van der Waals surface area contributed by atoms with Crippen molar-refractivity contribution in [3.05, 3.63) is 70.8 Å². The number of fused-ring (bicyclic) bond motifs is 1. The Morgan fingerprint density at radius 1 is 1.00 bits per heavy atom. The number of hydrogen-bond donors (Lipinski definition) is 1. The van der Waals surface area contributed by atoms with Crippen LogP contribution in [0.4, 0.5) is 0 Å². The largest absolute Gasteiger partial charge is 0.352 e. The molecule has 0 unspecified atom stereocenters. The van der Waals surface area contributed by atoms with Crippen LogP contribution < -0.4 is 5.32 Å². The number of aliphatic imine (C=N–C) groups is 1. The van der Waals surface area contributed by atoms with Gasteiger partial charge in [0, 0.05) is 46.2 Å². The van der Waals surface area contributed by atoms with E-state index in [1.54, 1.807) is 0 Å². The lowest BCUT2D eigenvalue weighted by Crippen LogP contribution is -2.43. The van der Waals surface area contributed by atoms with E-state index in [1.165, 1.54) is 22.3 Å². The molecular formula is C23H29IN4O. The molecule has 154 valence electrons. The fourth-order valence-corrected chi connectivity index (χ4v) is 4.04. The maximum atomic E-state index is 11.8. The molecule has 0 spiro atoms. The van der Waals surface area contributed by atoms with Crippen LogP contribution in [0.25, 0.3) is 0 Å². The number of hydrogen-bond acceptors (Lipinski definition) is 2. The van der Waals surface area contributed by atoms with Crippen LogP contribution in [0.1, 0.15) is 35.1 Å². The summed E-state index contributed by atoms with van der Waals surface area (Å²) in [4.78, 5) is 20.5. The minimum Gasteiger partial charge on any atom is -0.352 e. The van der Waals surface area contributed by atoms with E-state index in [4.69, 9.17) is 0 Å². The zero-order chi connectivity index (χ0) is 19.3. The van der Waals surface area contributed by atoms with Gasteiger partial charge in [-0.05, 0) is 35.1 Å². The van der Waals surface area contributed by atoms with Gasteiger partial charge in [0.15, 0.2) is 5.96 Å². The highest BCUT2D eigenvalue weighted by Gasteiger charge is 2.20. The van der Waals surface area contributed by atoms with E-state index in [-0.39, 0.29) is 29.9 Å². The van der Waals surface area contributed by atoms with Gasteiger partial charge in [-0.15, -0.1) is 24.0 Å². The smallest absolute Gasteiger partial charge is 0.222 e. The van der Waals surface area contributed by atoms with E-state index in [0.29, 0.717) is 6.42 Å². The van der Waals surface area contributed by atoms with Crippen LogP contribution in [0.5, 0.6) is 0 Å². The Balaban J connectivity index is 0.00000240. The van der Waals surface area contributed by atoms with Crippen LogP contribution in [0.3, 0.4) is 0 Å². The highest BCUT2D eigenvalue weighted by molar-refractivity contribution is 14.0. The third-order valence-electron chi connectivity index (χ3n) is 5.66. The van der Waals surface area contributed by atoms with Gasteiger partial charge < -0.3 is 15.1 Å². The monoisotopic (exact) mass is 504 g/mol. The average Bonchev–Trinajstić information content (AvgIpc) is 3.14. The SMILES string of the molecule is CN=C(NCc1ccc(CN2CCCC2=O)cc1)N1CCc2ccccc2C1.I. The first kappa shape index (κ1) is 21.6. The molecule has 1 saturated heterocycles. The van der Waals surface area contributed by atoms with Gasteiger partial charge in [-0.1, -0.05) is 48.5 Å². The molecule has 2 heterocycles. The third kappa shape index (κ3) is 5.29. The molecule has 6 heteroatoms. The molecule has 2 aliphatic rings. The molecule has 2 aromatic rings. The fourth-order valence-electron chi connectivity index (χ4n) is 4.04. The summed E-state index contributed by atoms with van der Waals surface area (Å²) >= 11 is 0. The van der Waals surface area contributed by atoms with Gasteiger partial charge in [-0.3, -0.25) is 9.79 Å². The molecule has 1 N–H and O–H groups in total. The molecule has 2 aliphatic heterocycles. The van der Waals surface area contributed by atoms with Crippen LogP contribution >= 0.6 is 24.0 Å². The first-order chi connectivity index (χ1) is 13.7. The number of likely N-dealkylation sites (tertiary alicyclic amines) is 1. The number of nitrogens with one attached hydrogen (secondary N) is 1. The zero-order valence-electron chi connectivity index (χ0n) is 16.9. The van der Waals surface area contributed by atoms with Crippen LogP contribution in [0.15, 0.2) is 53.5 Å². The van der Waals surface area contributed by atoms with Gasteiger partial charge in [0.25, 0.3) is 0 Å². The fraction of sp³-hybridized carbons (Fsp3) is 0.391. The van der Waals surface area contributed by atoms with Crippen molar-refractivity contribution in [1.29, 1.82) is 0 Å². The average molecular weight is 504 g/mol. The Hall–Kier alpha value is -2.09. The van der Waals surface area contributed by atoms with Gasteiger partial charge in [0.2, 0.25) is 5.91 Å². The number of carbonyl (C=O) groups excluding carboxylic acids is 1. The summed E-state index contributed by atoms with van der Waals surface area (Å²) in [5.41, 5.74) is 5.24. The van der Waals surface area contributed by atoms with Crippen molar-refractivity contribution in [2.24, 2.45) is 4.99 Å². The number of nitrogens with zero attached hydrogens (tertiary/aromatic N) is 3. The molecule has 4 rings (SSSR count). The Labute approximate surface area is 190 Å². The van der Waals surface area contributed by atoms with Crippen molar-refractivity contribution in [3.8, 4) is 0 Å². The molecule has 1 amide bonds. The van der Waals surface area contributed by atoms with Crippen molar-refractivity contribution in [2.45, 2.75) is 38.9 Å². The lowest BCUT2D eigenvalue weighted by atomic mass is 10.0. The standard InChI is InChI=1S/C23H28N4O.HI/c1-24-23(27-14-12-20-5-2-3-6-21(20)17-27)25-15-18-8-10-19(11-9-18)16-26-13-4-7-22(26)28;/h2-3,5-6,8-11H,4,7,12-17H2,1H3,(H,24,25);1H. The summed E-state index contributed by atoms with van der Waals surface area (Å²) in [5, 5.41) is 3.50. The minimum atomic E-state index is 0. The van der Waals surface area contributed by atoms with E-state index < -0.39 is 0 Å². The van der Waals surface area contributed by atoms with Gasteiger partial charge in [-0.25, -0.2) is 0 Å². The number of carbonyl (C=O) groups is 1. The Morgan fingerprint density at radius 2 is 1.72 bits per heavy atom. The quantitative estimate of drug-likeness (QED) is 0.394. The molecule has 0 aliphatic carbocycles. The van der Waals surface area contributed by atoms with Gasteiger partial charge in [-0.2, -0.15) is 0 Å². The summed E-state index contributed by atoms with van der Waals surface area (Å²) in [6, 6.07) is 17.2. The third-order valence-corrected chi connectivity index (χ3v) is 5.66. The second-order valence-corrected chi connectivity index (χ2v) is 7.58. The molecule has 5 nitrogen and oxygen atoms in total. The van der Waals surface area contributed by atoms with E-state index in [0.717, 1.165) is 51.5 Å². The van der Waals surface area contributed by atoms with Gasteiger partial charge in [0.05, 0.1) is 0 Å². The minimum absolute atomic E-state index is 0. The Kier molecular flexibility index (Phi) is 7.52. The maximum Gasteiger partial charge on any atom is 0.222 e. The normalized spacial score (nSPS) is 16.4.